The highest BCUT2D eigenvalue weighted by Gasteiger charge is 2.48. The highest BCUT2D eigenvalue weighted by molar-refractivity contribution is 7.89. The number of hydrogen-bond acceptors (Lipinski definition) is 10. The lowest BCUT2D eigenvalue weighted by Crippen LogP contribution is -2.65. The summed E-state index contributed by atoms with van der Waals surface area (Å²) in [6, 6.07) is -0.00183. The van der Waals surface area contributed by atoms with Crippen molar-refractivity contribution >= 4 is 15.9 Å². The number of carbonyl (C=O) groups excluding carboxylic acids is 1. The minimum absolute atomic E-state index is 0.115. The first-order chi connectivity index (χ1) is 16.8. The Morgan fingerprint density at radius 1 is 1.09 bits per heavy atom. The van der Waals surface area contributed by atoms with Crippen molar-refractivity contribution < 1.29 is 22.3 Å². The summed E-state index contributed by atoms with van der Waals surface area (Å²) >= 11 is 0. The maximum atomic E-state index is 13.8. The fourth-order valence-corrected chi connectivity index (χ4v) is 8.04. The molecule has 0 aromatic rings. The molecule has 0 spiro atoms. The molecule has 5 aliphatic rings. The number of piperidine rings is 1. The first-order valence-corrected chi connectivity index (χ1v) is 14.3. The minimum Gasteiger partial charge on any atom is -0.381 e. The Balaban J connectivity index is 1.18. The predicted octanol–water partition coefficient (Wildman–Crippen LogP) is -3.05. The second kappa shape index (κ2) is 10.8. The molecule has 1 amide bonds. The summed E-state index contributed by atoms with van der Waals surface area (Å²) in [6.07, 6.45) is 0.0422. The maximum absolute atomic E-state index is 13.8. The van der Waals surface area contributed by atoms with Crippen LogP contribution in [0.5, 0.6) is 0 Å². The molecule has 6 unspecified atom stereocenters. The second-order valence-electron chi connectivity index (χ2n) is 10.3. The number of alkyl halides is 1. The predicted molar refractivity (Wildman–Crippen MR) is 127 cm³/mol. The molecule has 0 radical (unpaired) electrons. The first kappa shape index (κ1) is 25.7. The summed E-state index contributed by atoms with van der Waals surface area (Å²) in [6.45, 7) is 5.10. The zero-order valence-electron chi connectivity index (χ0n) is 20.1. The Labute approximate surface area is 206 Å². The number of fused-ring (bicyclic) bond motifs is 1. The number of ether oxygens (including phenoxy) is 1. The van der Waals surface area contributed by atoms with Gasteiger partial charge in [0.15, 0.2) is 0 Å². The van der Waals surface area contributed by atoms with E-state index in [9.17, 15) is 17.6 Å². The van der Waals surface area contributed by atoms with Crippen molar-refractivity contribution in [2.45, 2.75) is 55.1 Å². The Hall–Kier alpha value is -0.970. The Morgan fingerprint density at radius 2 is 1.83 bits per heavy atom. The SMILES string of the molecule is NC1NN2CC(F)CNC2C1C(=O)NC1CNCCC1N1CCN(S(=O)(=O)C2CCOCC2)CC1. The summed E-state index contributed by atoms with van der Waals surface area (Å²) < 4.78 is 46.9. The average Bonchev–Trinajstić information content (AvgIpc) is 3.19. The largest absolute Gasteiger partial charge is 0.381 e. The van der Waals surface area contributed by atoms with Crippen LogP contribution in [0.25, 0.3) is 0 Å². The molecule has 5 heterocycles. The van der Waals surface area contributed by atoms with E-state index in [-0.39, 0.29) is 42.5 Å². The van der Waals surface area contributed by atoms with Crippen LogP contribution in [0.4, 0.5) is 4.39 Å². The van der Waals surface area contributed by atoms with E-state index < -0.39 is 28.3 Å². The second-order valence-corrected chi connectivity index (χ2v) is 12.5. The van der Waals surface area contributed by atoms with E-state index in [2.05, 4.69) is 26.3 Å². The van der Waals surface area contributed by atoms with Crippen molar-refractivity contribution in [2.24, 2.45) is 11.7 Å². The van der Waals surface area contributed by atoms with Gasteiger partial charge in [-0.05, 0) is 25.8 Å². The third-order valence-electron chi connectivity index (χ3n) is 8.09. The zero-order chi connectivity index (χ0) is 24.6. The molecule has 5 fully saturated rings. The van der Waals surface area contributed by atoms with Crippen molar-refractivity contribution in [2.75, 3.05) is 65.6 Å². The maximum Gasteiger partial charge on any atom is 0.229 e. The molecule has 5 aliphatic heterocycles. The van der Waals surface area contributed by atoms with Crippen LogP contribution in [-0.4, -0.2) is 130 Å². The van der Waals surface area contributed by atoms with Gasteiger partial charge in [-0.1, -0.05) is 0 Å². The topological polar surface area (TPSA) is 144 Å². The number of hydrazine groups is 1. The van der Waals surface area contributed by atoms with Gasteiger partial charge >= 0.3 is 0 Å². The molecule has 5 rings (SSSR count). The van der Waals surface area contributed by atoms with Gasteiger partial charge in [0.25, 0.3) is 0 Å². The molecule has 0 aliphatic carbocycles. The quantitative estimate of drug-likeness (QED) is 0.255. The number of halogens is 1. The molecule has 0 bridgehead atoms. The van der Waals surface area contributed by atoms with Crippen molar-refractivity contribution in [1.82, 2.24) is 35.6 Å². The van der Waals surface area contributed by atoms with E-state index in [1.165, 1.54) is 0 Å². The number of nitrogens with two attached hydrogens (primary N) is 1. The molecule has 0 aromatic heterocycles. The van der Waals surface area contributed by atoms with Gasteiger partial charge in [0, 0.05) is 65.1 Å². The number of piperazine rings is 1. The third-order valence-corrected chi connectivity index (χ3v) is 10.5. The number of hydrogen-bond donors (Lipinski definition) is 5. The third kappa shape index (κ3) is 5.36. The summed E-state index contributed by atoms with van der Waals surface area (Å²) in [5.41, 5.74) is 9.24. The van der Waals surface area contributed by atoms with E-state index in [1.54, 1.807) is 9.31 Å². The smallest absolute Gasteiger partial charge is 0.229 e. The van der Waals surface area contributed by atoms with E-state index in [0.29, 0.717) is 58.8 Å². The summed E-state index contributed by atoms with van der Waals surface area (Å²) in [7, 11) is -3.32. The number of nitrogens with one attached hydrogen (secondary N) is 4. The summed E-state index contributed by atoms with van der Waals surface area (Å²) in [4.78, 5) is 15.6. The highest BCUT2D eigenvalue weighted by atomic mass is 32.2. The molecule has 14 heteroatoms. The number of carbonyl (C=O) groups is 1. The standard InChI is InChI=1S/C21H39FN8O4S/c22-14-11-25-20-18(19(23)27-30(20)13-14)21(31)26-16-12-24-4-1-17(16)28-5-7-29(8-6-28)35(32,33)15-2-9-34-10-3-15/h14-20,24-25,27H,1-13,23H2,(H,26,31). The number of amides is 1. The Bertz CT molecular complexity index is 854. The van der Waals surface area contributed by atoms with E-state index >= 15 is 0 Å². The van der Waals surface area contributed by atoms with Crippen molar-refractivity contribution in [1.29, 1.82) is 0 Å². The lowest BCUT2D eigenvalue weighted by molar-refractivity contribution is -0.128. The molecular weight excluding hydrogens is 479 g/mol. The summed E-state index contributed by atoms with van der Waals surface area (Å²) in [5, 5.41) is 11.0. The normalized spacial score (nSPS) is 38.8. The van der Waals surface area contributed by atoms with Gasteiger partial charge in [-0.15, -0.1) is 0 Å². The molecule has 6 atom stereocenters. The van der Waals surface area contributed by atoms with Gasteiger partial charge < -0.3 is 21.1 Å². The van der Waals surface area contributed by atoms with Crippen molar-refractivity contribution in [3.8, 4) is 0 Å². The summed E-state index contributed by atoms with van der Waals surface area (Å²) in [5.74, 6) is -0.687. The molecule has 35 heavy (non-hydrogen) atoms. The van der Waals surface area contributed by atoms with Gasteiger partial charge in [-0.2, -0.15) is 4.31 Å². The van der Waals surface area contributed by atoms with E-state index in [1.807, 2.05) is 0 Å². The van der Waals surface area contributed by atoms with Crippen LogP contribution in [0.2, 0.25) is 0 Å². The highest BCUT2D eigenvalue weighted by Crippen LogP contribution is 2.25. The van der Waals surface area contributed by atoms with Crippen LogP contribution in [0.1, 0.15) is 19.3 Å². The van der Waals surface area contributed by atoms with Gasteiger partial charge in [0.2, 0.25) is 15.9 Å². The molecular formula is C21H39FN8O4S. The van der Waals surface area contributed by atoms with Crippen LogP contribution >= 0.6 is 0 Å². The van der Waals surface area contributed by atoms with Crippen molar-refractivity contribution in [3.63, 3.8) is 0 Å². The van der Waals surface area contributed by atoms with Gasteiger partial charge in [0.05, 0.1) is 29.5 Å². The fraction of sp³-hybridized carbons (Fsp3) is 0.952. The molecule has 0 aromatic carbocycles. The molecule has 0 saturated carbocycles. The Morgan fingerprint density at radius 3 is 2.57 bits per heavy atom. The monoisotopic (exact) mass is 518 g/mol. The lowest BCUT2D eigenvalue weighted by atomic mass is 9.96. The van der Waals surface area contributed by atoms with Crippen LogP contribution in [-0.2, 0) is 19.6 Å². The van der Waals surface area contributed by atoms with Crippen molar-refractivity contribution in [3.05, 3.63) is 0 Å². The fourth-order valence-electron chi connectivity index (χ4n) is 6.16. The van der Waals surface area contributed by atoms with Gasteiger partial charge in [0.1, 0.15) is 6.17 Å². The van der Waals surface area contributed by atoms with Crippen LogP contribution in [0, 0.1) is 5.92 Å². The number of sulfonamides is 1. The minimum atomic E-state index is -3.32. The molecule has 6 N–H and O–H groups in total. The van der Waals surface area contributed by atoms with E-state index in [0.717, 1.165) is 13.0 Å². The average molecular weight is 519 g/mol. The molecule has 12 nitrogen and oxygen atoms in total. The lowest BCUT2D eigenvalue weighted by Gasteiger charge is -2.45. The number of nitrogens with zero attached hydrogens (tertiary/aromatic N) is 3. The molecule has 200 valence electrons. The van der Waals surface area contributed by atoms with Crippen LogP contribution < -0.4 is 27.1 Å². The van der Waals surface area contributed by atoms with E-state index in [4.69, 9.17) is 10.5 Å². The Kier molecular flexibility index (Phi) is 7.92. The van der Waals surface area contributed by atoms with Crippen LogP contribution in [0.15, 0.2) is 0 Å². The first-order valence-electron chi connectivity index (χ1n) is 12.8. The number of rotatable bonds is 5. The van der Waals surface area contributed by atoms with Gasteiger partial charge in [-0.25, -0.2) is 23.2 Å². The van der Waals surface area contributed by atoms with Gasteiger partial charge in [-0.3, -0.25) is 15.0 Å². The van der Waals surface area contributed by atoms with Crippen LogP contribution in [0.3, 0.4) is 0 Å². The molecule has 5 saturated heterocycles. The zero-order valence-corrected chi connectivity index (χ0v) is 20.9.